The first-order chi connectivity index (χ1) is 12.1. The number of imidazole rings is 1. The highest BCUT2D eigenvalue weighted by molar-refractivity contribution is 7.98. The van der Waals surface area contributed by atoms with Crippen molar-refractivity contribution in [2.24, 2.45) is 0 Å². The molecule has 3 rings (SSSR count). The number of amides is 1. The van der Waals surface area contributed by atoms with Gasteiger partial charge in [-0.15, -0.1) is 11.3 Å². The molecule has 3 aromatic rings. The number of rotatable bonds is 6. The fourth-order valence-corrected chi connectivity index (χ4v) is 4.22. The summed E-state index contributed by atoms with van der Waals surface area (Å²) >= 11 is 9.03. The summed E-state index contributed by atoms with van der Waals surface area (Å²) in [5.41, 5.74) is 1.50. The summed E-state index contributed by atoms with van der Waals surface area (Å²) in [6.45, 7) is 3.13. The van der Waals surface area contributed by atoms with E-state index in [-0.39, 0.29) is 5.91 Å². The van der Waals surface area contributed by atoms with Crippen LogP contribution in [0.3, 0.4) is 0 Å². The van der Waals surface area contributed by atoms with Gasteiger partial charge in [0, 0.05) is 17.1 Å². The van der Waals surface area contributed by atoms with Crippen molar-refractivity contribution < 1.29 is 4.79 Å². The fourth-order valence-electron chi connectivity index (χ4n) is 2.57. The number of carbonyl (C=O) groups excluding carboxylic acids is 1. The number of halogens is 1. The van der Waals surface area contributed by atoms with Gasteiger partial charge in [-0.05, 0) is 37.4 Å². The van der Waals surface area contributed by atoms with E-state index >= 15 is 0 Å². The molecular formula is C18H18ClN3OS2. The van der Waals surface area contributed by atoms with Crippen molar-refractivity contribution in [3.05, 3.63) is 63.6 Å². The first kappa shape index (κ1) is 18.0. The first-order valence-corrected chi connectivity index (χ1v) is 10.3. The summed E-state index contributed by atoms with van der Waals surface area (Å²) in [4.78, 5) is 20.4. The van der Waals surface area contributed by atoms with E-state index in [1.165, 1.54) is 23.1 Å². The van der Waals surface area contributed by atoms with Gasteiger partial charge in [0.05, 0.1) is 17.1 Å². The van der Waals surface area contributed by atoms with Gasteiger partial charge in [0.15, 0.2) is 5.16 Å². The number of hydrogen-bond acceptors (Lipinski definition) is 4. The zero-order valence-electron chi connectivity index (χ0n) is 14.0. The standard InChI is InChI=1S/C18H18ClN3OS2/c1-3-21(12-14-9-10-16(19)25-14)17(23)15-11-20-18(24-2)22(15)13-7-5-4-6-8-13/h4-11H,3,12H2,1-2H3. The van der Waals surface area contributed by atoms with Gasteiger partial charge in [0.2, 0.25) is 0 Å². The lowest BCUT2D eigenvalue weighted by atomic mass is 10.3. The molecule has 1 aromatic carbocycles. The van der Waals surface area contributed by atoms with Crippen molar-refractivity contribution in [2.75, 3.05) is 12.8 Å². The maximum absolute atomic E-state index is 13.1. The molecular weight excluding hydrogens is 374 g/mol. The molecule has 4 nitrogen and oxygen atoms in total. The minimum absolute atomic E-state index is 0.0383. The first-order valence-electron chi connectivity index (χ1n) is 7.84. The third-order valence-corrected chi connectivity index (χ3v) is 5.66. The van der Waals surface area contributed by atoms with Crippen LogP contribution in [-0.4, -0.2) is 33.2 Å². The number of carbonyl (C=O) groups is 1. The molecule has 0 aliphatic carbocycles. The minimum Gasteiger partial charge on any atom is -0.332 e. The summed E-state index contributed by atoms with van der Waals surface area (Å²) in [5.74, 6) is -0.0383. The molecule has 0 saturated carbocycles. The molecule has 0 aliphatic rings. The Morgan fingerprint density at radius 1 is 1.28 bits per heavy atom. The van der Waals surface area contributed by atoms with Crippen LogP contribution in [0, 0.1) is 0 Å². The molecule has 130 valence electrons. The molecule has 0 fully saturated rings. The molecule has 0 radical (unpaired) electrons. The second-order valence-corrected chi connectivity index (χ2v) is 7.90. The minimum atomic E-state index is -0.0383. The van der Waals surface area contributed by atoms with Gasteiger partial charge in [-0.3, -0.25) is 9.36 Å². The van der Waals surface area contributed by atoms with Crippen LogP contribution in [0.25, 0.3) is 5.69 Å². The number of hydrogen-bond donors (Lipinski definition) is 0. The third-order valence-electron chi connectivity index (χ3n) is 3.79. The average molecular weight is 392 g/mol. The maximum atomic E-state index is 13.1. The monoisotopic (exact) mass is 391 g/mol. The lowest BCUT2D eigenvalue weighted by molar-refractivity contribution is 0.0745. The molecule has 0 unspecified atom stereocenters. The fraction of sp³-hybridized carbons (Fsp3) is 0.222. The zero-order chi connectivity index (χ0) is 17.8. The van der Waals surface area contributed by atoms with Gasteiger partial charge < -0.3 is 4.90 Å². The van der Waals surface area contributed by atoms with Crippen molar-refractivity contribution in [3.8, 4) is 5.69 Å². The third kappa shape index (κ3) is 3.92. The molecule has 2 aromatic heterocycles. The van der Waals surface area contributed by atoms with Crippen LogP contribution in [0.15, 0.2) is 53.8 Å². The Bertz CT molecular complexity index is 860. The maximum Gasteiger partial charge on any atom is 0.272 e. The smallest absolute Gasteiger partial charge is 0.272 e. The molecule has 0 atom stereocenters. The lowest BCUT2D eigenvalue weighted by Gasteiger charge is -2.21. The summed E-state index contributed by atoms with van der Waals surface area (Å²) < 4.78 is 2.65. The predicted octanol–water partition coefficient (Wildman–Crippen LogP) is 4.97. The summed E-state index contributed by atoms with van der Waals surface area (Å²) in [6, 6.07) is 13.7. The van der Waals surface area contributed by atoms with Crippen molar-refractivity contribution in [1.82, 2.24) is 14.5 Å². The van der Waals surface area contributed by atoms with E-state index in [1.807, 2.05) is 65.1 Å². The number of nitrogens with zero attached hydrogens (tertiary/aromatic N) is 3. The summed E-state index contributed by atoms with van der Waals surface area (Å²) in [5, 5.41) is 0.796. The summed E-state index contributed by atoms with van der Waals surface area (Å²) in [7, 11) is 0. The van der Waals surface area contributed by atoms with Gasteiger partial charge in [0.25, 0.3) is 5.91 Å². The lowest BCUT2D eigenvalue weighted by Crippen LogP contribution is -2.31. The van der Waals surface area contributed by atoms with Gasteiger partial charge in [-0.25, -0.2) is 4.98 Å². The highest BCUT2D eigenvalue weighted by Gasteiger charge is 2.22. The molecule has 1 amide bonds. The molecule has 0 N–H and O–H groups in total. The number of benzene rings is 1. The van der Waals surface area contributed by atoms with Crippen LogP contribution in [0.2, 0.25) is 4.34 Å². The van der Waals surface area contributed by atoms with Crippen LogP contribution < -0.4 is 0 Å². The van der Waals surface area contributed by atoms with E-state index in [0.29, 0.717) is 18.8 Å². The Labute approximate surface area is 160 Å². The molecule has 0 saturated heterocycles. The van der Waals surface area contributed by atoms with E-state index in [9.17, 15) is 4.79 Å². The Morgan fingerprint density at radius 2 is 2.04 bits per heavy atom. The highest BCUT2D eigenvalue weighted by atomic mass is 35.5. The second-order valence-electron chi connectivity index (χ2n) is 5.33. The Hall–Kier alpha value is -1.76. The van der Waals surface area contributed by atoms with E-state index in [2.05, 4.69) is 4.98 Å². The largest absolute Gasteiger partial charge is 0.332 e. The van der Waals surface area contributed by atoms with Crippen molar-refractivity contribution in [3.63, 3.8) is 0 Å². The van der Waals surface area contributed by atoms with Gasteiger partial charge in [0.1, 0.15) is 5.69 Å². The van der Waals surface area contributed by atoms with E-state index in [0.717, 1.165) is 20.1 Å². The molecule has 2 heterocycles. The highest BCUT2D eigenvalue weighted by Crippen LogP contribution is 2.25. The molecule has 25 heavy (non-hydrogen) atoms. The Morgan fingerprint density at radius 3 is 2.64 bits per heavy atom. The second kappa shape index (κ2) is 8.08. The quantitative estimate of drug-likeness (QED) is 0.556. The van der Waals surface area contributed by atoms with E-state index in [4.69, 9.17) is 11.6 Å². The van der Waals surface area contributed by atoms with E-state index in [1.54, 1.807) is 6.20 Å². The Kier molecular flexibility index (Phi) is 5.83. The molecule has 0 spiro atoms. The van der Waals surface area contributed by atoms with Crippen LogP contribution in [0.1, 0.15) is 22.3 Å². The van der Waals surface area contributed by atoms with Crippen LogP contribution in [-0.2, 0) is 6.54 Å². The molecule has 0 aliphatic heterocycles. The number of para-hydroxylation sites is 1. The van der Waals surface area contributed by atoms with Crippen LogP contribution in [0.4, 0.5) is 0 Å². The zero-order valence-corrected chi connectivity index (χ0v) is 16.4. The molecule has 0 bridgehead atoms. The van der Waals surface area contributed by atoms with Gasteiger partial charge >= 0.3 is 0 Å². The Balaban J connectivity index is 1.94. The van der Waals surface area contributed by atoms with Crippen molar-refractivity contribution in [2.45, 2.75) is 18.6 Å². The summed E-state index contributed by atoms with van der Waals surface area (Å²) in [6.07, 6.45) is 3.62. The van der Waals surface area contributed by atoms with Crippen molar-refractivity contribution in [1.29, 1.82) is 0 Å². The van der Waals surface area contributed by atoms with Gasteiger partial charge in [-0.2, -0.15) is 0 Å². The number of thioether (sulfide) groups is 1. The average Bonchev–Trinajstić information content (AvgIpc) is 3.25. The number of thiophene rings is 1. The van der Waals surface area contributed by atoms with Crippen LogP contribution >= 0.6 is 34.7 Å². The van der Waals surface area contributed by atoms with Crippen molar-refractivity contribution >= 4 is 40.6 Å². The molecule has 7 heteroatoms. The van der Waals surface area contributed by atoms with Crippen LogP contribution in [0.5, 0.6) is 0 Å². The van der Waals surface area contributed by atoms with E-state index < -0.39 is 0 Å². The SMILES string of the molecule is CCN(Cc1ccc(Cl)s1)C(=O)c1cnc(SC)n1-c1ccccc1. The van der Waals surface area contributed by atoms with Gasteiger partial charge in [-0.1, -0.05) is 41.6 Å². The normalized spacial score (nSPS) is 10.8. The number of aromatic nitrogens is 2. The predicted molar refractivity (Wildman–Crippen MR) is 105 cm³/mol. The topological polar surface area (TPSA) is 38.1 Å².